The summed E-state index contributed by atoms with van der Waals surface area (Å²) in [6.07, 6.45) is 2.66. The normalized spacial score (nSPS) is 10.9. The molecule has 32 heavy (non-hydrogen) atoms. The van der Waals surface area contributed by atoms with Crippen LogP contribution in [0.15, 0.2) is 48.5 Å². The van der Waals surface area contributed by atoms with Gasteiger partial charge in [-0.1, -0.05) is 29.8 Å². The van der Waals surface area contributed by atoms with Gasteiger partial charge in [-0.15, -0.1) is 0 Å². The van der Waals surface area contributed by atoms with Crippen LogP contribution in [0.4, 0.5) is 0 Å². The molecule has 2 aromatic rings. The molecular formula is C26H38O6. The Morgan fingerprint density at radius 2 is 1.06 bits per heavy atom. The average molecular weight is 447 g/mol. The fourth-order valence-corrected chi connectivity index (χ4v) is 2.85. The van der Waals surface area contributed by atoms with Crippen LogP contribution in [-0.2, 0) is 25.6 Å². The van der Waals surface area contributed by atoms with Crippen molar-refractivity contribution in [2.24, 2.45) is 0 Å². The van der Waals surface area contributed by atoms with Gasteiger partial charge in [0.2, 0.25) is 0 Å². The topological polar surface area (TPSA) is 55.4 Å². The molecule has 0 unspecified atom stereocenters. The summed E-state index contributed by atoms with van der Waals surface area (Å²) in [6, 6.07) is 16.1. The van der Waals surface area contributed by atoms with E-state index in [1.54, 1.807) is 7.11 Å². The van der Waals surface area contributed by atoms with Gasteiger partial charge in [-0.05, 0) is 49.6 Å². The zero-order valence-electron chi connectivity index (χ0n) is 19.6. The minimum atomic E-state index is 0.555. The van der Waals surface area contributed by atoms with Crippen molar-refractivity contribution in [3.63, 3.8) is 0 Å². The standard InChI is InChI=1S/C26H38O6/c1-23-6-10-25(11-7-23)32-21-20-29-16-4-18-30-22-24-8-12-26(13-9-24)31-19-5-17-28-15-3-14-27-2/h6-13H,3-5,14-22H2,1-2H3. The van der Waals surface area contributed by atoms with Gasteiger partial charge in [-0.2, -0.15) is 0 Å². The van der Waals surface area contributed by atoms with Crippen molar-refractivity contribution in [3.8, 4) is 11.5 Å². The molecule has 0 saturated carbocycles. The van der Waals surface area contributed by atoms with E-state index in [0.29, 0.717) is 46.2 Å². The Morgan fingerprint density at radius 3 is 1.75 bits per heavy atom. The van der Waals surface area contributed by atoms with Gasteiger partial charge in [-0.3, -0.25) is 0 Å². The Hall–Kier alpha value is -2.12. The second-order valence-corrected chi connectivity index (χ2v) is 7.48. The summed E-state index contributed by atoms with van der Waals surface area (Å²) in [6.45, 7) is 7.95. The summed E-state index contributed by atoms with van der Waals surface area (Å²) >= 11 is 0. The van der Waals surface area contributed by atoms with Crippen molar-refractivity contribution < 1.29 is 28.4 Å². The molecule has 0 aliphatic rings. The summed E-state index contributed by atoms with van der Waals surface area (Å²) in [5.41, 5.74) is 2.36. The zero-order valence-corrected chi connectivity index (χ0v) is 19.6. The van der Waals surface area contributed by atoms with Gasteiger partial charge >= 0.3 is 0 Å². The van der Waals surface area contributed by atoms with Crippen LogP contribution in [0.25, 0.3) is 0 Å². The lowest BCUT2D eigenvalue weighted by Gasteiger charge is -2.09. The van der Waals surface area contributed by atoms with Gasteiger partial charge in [0.05, 0.1) is 19.8 Å². The lowest BCUT2D eigenvalue weighted by Crippen LogP contribution is -2.09. The molecule has 0 bridgehead atoms. The van der Waals surface area contributed by atoms with Crippen molar-refractivity contribution in [1.29, 1.82) is 0 Å². The third-order valence-corrected chi connectivity index (χ3v) is 4.63. The van der Waals surface area contributed by atoms with Gasteiger partial charge in [0.15, 0.2) is 0 Å². The van der Waals surface area contributed by atoms with Crippen molar-refractivity contribution in [2.45, 2.75) is 32.8 Å². The number of hydrogen-bond acceptors (Lipinski definition) is 6. The van der Waals surface area contributed by atoms with E-state index in [9.17, 15) is 0 Å². The van der Waals surface area contributed by atoms with E-state index in [1.807, 2.05) is 48.5 Å². The first kappa shape index (κ1) is 26.1. The van der Waals surface area contributed by atoms with Gasteiger partial charge in [0, 0.05) is 46.6 Å². The Bertz CT molecular complexity index is 686. The van der Waals surface area contributed by atoms with Crippen LogP contribution in [0.2, 0.25) is 0 Å². The quantitative estimate of drug-likeness (QED) is 0.289. The summed E-state index contributed by atoms with van der Waals surface area (Å²) in [7, 11) is 1.70. The number of aryl methyl sites for hydroxylation is 1. The van der Waals surface area contributed by atoms with E-state index in [0.717, 1.165) is 49.5 Å². The maximum absolute atomic E-state index is 5.74. The second-order valence-electron chi connectivity index (χ2n) is 7.48. The third-order valence-electron chi connectivity index (χ3n) is 4.63. The predicted octanol–water partition coefficient (Wildman–Crippen LogP) is 4.82. The molecule has 0 saturated heterocycles. The SMILES string of the molecule is COCCCOCCCOc1ccc(COCCCOCCOc2ccc(C)cc2)cc1. The molecule has 0 atom stereocenters. The molecule has 2 aromatic carbocycles. The third kappa shape index (κ3) is 12.7. The maximum atomic E-state index is 5.74. The van der Waals surface area contributed by atoms with Gasteiger partial charge in [0.25, 0.3) is 0 Å². The molecule has 6 heteroatoms. The van der Waals surface area contributed by atoms with E-state index < -0.39 is 0 Å². The molecule has 178 valence electrons. The maximum Gasteiger partial charge on any atom is 0.119 e. The number of ether oxygens (including phenoxy) is 6. The fourth-order valence-electron chi connectivity index (χ4n) is 2.85. The second kappa shape index (κ2) is 17.4. The molecule has 0 aliphatic heterocycles. The number of hydrogen-bond donors (Lipinski definition) is 0. The summed E-state index contributed by atoms with van der Waals surface area (Å²) < 4.78 is 33.2. The smallest absolute Gasteiger partial charge is 0.119 e. The molecule has 0 fully saturated rings. The molecule has 0 heterocycles. The summed E-state index contributed by atoms with van der Waals surface area (Å²) in [4.78, 5) is 0. The number of rotatable bonds is 19. The monoisotopic (exact) mass is 446 g/mol. The summed E-state index contributed by atoms with van der Waals surface area (Å²) in [5.74, 6) is 1.75. The van der Waals surface area contributed by atoms with Crippen LogP contribution in [0.1, 0.15) is 30.4 Å². The molecular weight excluding hydrogens is 408 g/mol. The Morgan fingerprint density at radius 1 is 0.531 bits per heavy atom. The average Bonchev–Trinajstić information content (AvgIpc) is 2.82. The van der Waals surface area contributed by atoms with E-state index in [2.05, 4.69) is 6.92 Å². The Labute approximate surface area is 192 Å². The van der Waals surface area contributed by atoms with Crippen LogP contribution in [0.5, 0.6) is 11.5 Å². The van der Waals surface area contributed by atoms with Crippen LogP contribution in [0, 0.1) is 6.92 Å². The minimum Gasteiger partial charge on any atom is -0.494 e. The molecule has 0 aliphatic carbocycles. The van der Waals surface area contributed by atoms with Crippen LogP contribution in [-0.4, -0.2) is 60.0 Å². The first-order chi connectivity index (χ1) is 15.8. The van der Waals surface area contributed by atoms with Crippen molar-refractivity contribution in [2.75, 3.05) is 60.0 Å². The van der Waals surface area contributed by atoms with Gasteiger partial charge in [0.1, 0.15) is 18.1 Å². The summed E-state index contributed by atoms with van der Waals surface area (Å²) in [5, 5.41) is 0. The van der Waals surface area contributed by atoms with E-state index in [1.165, 1.54) is 5.56 Å². The highest BCUT2D eigenvalue weighted by Crippen LogP contribution is 2.13. The Balaban J connectivity index is 1.40. The van der Waals surface area contributed by atoms with E-state index >= 15 is 0 Å². The molecule has 0 radical (unpaired) electrons. The lowest BCUT2D eigenvalue weighted by molar-refractivity contribution is 0.0632. The minimum absolute atomic E-state index is 0.555. The largest absolute Gasteiger partial charge is 0.494 e. The van der Waals surface area contributed by atoms with Crippen LogP contribution >= 0.6 is 0 Å². The highest BCUT2D eigenvalue weighted by Gasteiger charge is 1.98. The first-order valence-corrected chi connectivity index (χ1v) is 11.4. The lowest BCUT2D eigenvalue weighted by atomic mass is 10.2. The zero-order chi connectivity index (χ0) is 22.7. The molecule has 6 nitrogen and oxygen atoms in total. The van der Waals surface area contributed by atoms with Crippen LogP contribution in [0.3, 0.4) is 0 Å². The molecule has 0 spiro atoms. The van der Waals surface area contributed by atoms with Crippen molar-refractivity contribution in [3.05, 3.63) is 59.7 Å². The first-order valence-electron chi connectivity index (χ1n) is 11.4. The predicted molar refractivity (Wildman–Crippen MR) is 126 cm³/mol. The van der Waals surface area contributed by atoms with E-state index in [-0.39, 0.29) is 0 Å². The fraction of sp³-hybridized carbons (Fsp3) is 0.538. The molecule has 2 rings (SSSR count). The van der Waals surface area contributed by atoms with Crippen molar-refractivity contribution in [1.82, 2.24) is 0 Å². The van der Waals surface area contributed by atoms with Crippen molar-refractivity contribution >= 4 is 0 Å². The highest BCUT2D eigenvalue weighted by atomic mass is 16.5. The molecule has 0 N–H and O–H groups in total. The molecule has 0 aromatic heterocycles. The number of methoxy groups -OCH3 is 1. The van der Waals surface area contributed by atoms with Crippen LogP contribution < -0.4 is 9.47 Å². The number of benzene rings is 2. The van der Waals surface area contributed by atoms with Gasteiger partial charge < -0.3 is 28.4 Å². The van der Waals surface area contributed by atoms with Gasteiger partial charge in [-0.25, -0.2) is 0 Å². The molecule has 0 amide bonds. The van der Waals surface area contributed by atoms with E-state index in [4.69, 9.17) is 28.4 Å². The highest BCUT2D eigenvalue weighted by molar-refractivity contribution is 5.27. The Kier molecular flexibility index (Phi) is 14.2.